The summed E-state index contributed by atoms with van der Waals surface area (Å²) in [5.41, 5.74) is 3.61. The topological polar surface area (TPSA) is 12.5 Å². The number of aryl methyl sites for hydroxylation is 2. The Hall–Kier alpha value is -0.830. The van der Waals surface area contributed by atoms with E-state index in [-0.39, 0.29) is 0 Å². The van der Waals surface area contributed by atoms with Crippen LogP contribution in [0.3, 0.4) is 0 Å². The van der Waals surface area contributed by atoms with Crippen molar-refractivity contribution in [1.29, 1.82) is 0 Å². The molecule has 0 radical (unpaired) electrons. The molecule has 2 nitrogen and oxygen atoms in total. The number of nitrogens with zero attached hydrogens (tertiary/aromatic N) is 1. The molecule has 78 valence electrons. The number of methoxy groups -OCH3 is 1. The third-order valence-corrected chi connectivity index (χ3v) is 2.84. The van der Waals surface area contributed by atoms with Crippen molar-refractivity contribution in [2.75, 3.05) is 24.9 Å². The zero-order chi connectivity index (χ0) is 10.7. The van der Waals surface area contributed by atoms with Crippen molar-refractivity contribution >= 4 is 18.3 Å². The average Bonchev–Trinajstić information content (AvgIpc) is 2.20. The van der Waals surface area contributed by atoms with E-state index in [0.29, 0.717) is 5.88 Å². The summed E-state index contributed by atoms with van der Waals surface area (Å²) in [5, 5.41) is 0. The van der Waals surface area contributed by atoms with Crippen molar-refractivity contribution in [3.05, 3.63) is 23.3 Å². The van der Waals surface area contributed by atoms with E-state index in [1.54, 1.807) is 7.11 Å². The van der Waals surface area contributed by atoms with E-state index < -0.39 is 0 Å². The summed E-state index contributed by atoms with van der Waals surface area (Å²) in [6.07, 6.45) is 0. The second-order valence-electron chi connectivity index (χ2n) is 3.45. The van der Waals surface area contributed by atoms with Crippen molar-refractivity contribution < 1.29 is 4.74 Å². The van der Waals surface area contributed by atoms with Crippen LogP contribution in [-0.4, -0.2) is 20.0 Å². The first kappa shape index (κ1) is 11.2. The van der Waals surface area contributed by atoms with E-state index >= 15 is 0 Å². The normalized spacial score (nSPS) is 10.1. The molecule has 0 N–H and O–H groups in total. The largest absolute Gasteiger partial charge is 0.495 e. The van der Waals surface area contributed by atoms with Crippen molar-refractivity contribution in [1.82, 2.24) is 0 Å². The highest BCUT2D eigenvalue weighted by Gasteiger charge is 2.08. The van der Waals surface area contributed by atoms with Gasteiger partial charge in [0.05, 0.1) is 18.7 Å². The molecule has 0 amide bonds. The summed E-state index contributed by atoms with van der Waals surface area (Å²) >= 11 is 4.24. The maximum atomic E-state index is 5.33. The minimum absolute atomic E-state index is 0.679. The number of hydrogen-bond acceptors (Lipinski definition) is 3. The summed E-state index contributed by atoms with van der Waals surface area (Å²) in [5.74, 6) is 1.59. The predicted octanol–water partition coefficient (Wildman–Crippen LogP) is 2.64. The monoisotopic (exact) mass is 211 g/mol. The standard InChI is InChI=1S/C11H17NOS/c1-8-5-10(12(3)7-14)11(13-4)6-9(8)2/h5-6,14H,7H2,1-4H3. The van der Waals surface area contributed by atoms with Crippen LogP contribution in [0.15, 0.2) is 12.1 Å². The first-order valence-corrected chi connectivity index (χ1v) is 5.20. The van der Waals surface area contributed by atoms with Crippen LogP contribution >= 0.6 is 12.6 Å². The lowest BCUT2D eigenvalue weighted by molar-refractivity contribution is 0.415. The van der Waals surface area contributed by atoms with Gasteiger partial charge in [-0.25, -0.2) is 0 Å². The predicted molar refractivity (Wildman–Crippen MR) is 64.7 cm³/mol. The van der Waals surface area contributed by atoms with Crippen LogP contribution in [0.5, 0.6) is 5.75 Å². The number of anilines is 1. The van der Waals surface area contributed by atoms with Crippen molar-refractivity contribution in [3.8, 4) is 5.75 Å². The molecule has 1 rings (SSSR count). The summed E-state index contributed by atoms with van der Waals surface area (Å²) < 4.78 is 5.33. The van der Waals surface area contributed by atoms with Gasteiger partial charge in [-0.3, -0.25) is 0 Å². The van der Waals surface area contributed by atoms with Crippen LogP contribution < -0.4 is 9.64 Å². The Balaban J connectivity index is 3.19. The molecule has 0 atom stereocenters. The van der Waals surface area contributed by atoms with Crippen LogP contribution in [0.4, 0.5) is 5.69 Å². The third kappa shape index (κ3) is 2.15. The Bertz CT molecular complexity index is 325. The van der Waals surface area contributed by atoms with Crippen LogP contribution in [0.25, 0.3) is 0 Å². The quantitative estimate of drug-likeness (QED) is 0.609. The van der Waals surface area contributed by atoms with Crippen molar-refractivity contribution in [2.24, 2.45) is 0 Å². The van der Waals surface area contributed by atoms with E-state index in [1.807, 2.05) is 11.9 Å². The lowest BCUT2D eigenvalue weighted by Crippen LogP contribution is -2.15. The molecule has 0 bridgehead atoms. The van der Waals surface area contributed by atoms with E-state index in [2.05, 4.69) is 38.6 Å². The fourth-order valence-corrected chi connectivity index (χ4v) is 1.46. The highest BCUT2D eigenvalue weighted by molar-refractivity contribution is 7.80. The second kappa shape index (κ2) is 4.60. The number of thiol groups is 1. The van der Waals surface area contributed by atoms with Gasteiger partial charge in [0.1, 0.15) is 5.75 Å². The fraction of sp³-hybridized carbons (Fsp3) is 0.455. The molecule has 0 aliphatic carbocycles. The molecule has 0 unspecified atom stereocenters. The molecule has 14 heavy (non-hydrogen) atoms. The maximum absolute atomic E-state index is 5.33. The molecule has 0 fully saturated rings. The summed E-state index contributed by atoms with van der Waals surface area (Å²) in [7, 11) is 3.69. The van der Waals surface area contributed by atoms with Crippen LogP contribution in [0.1, 0.15) is 11.1 Å². The van der Waals surface area contributed by atoms with Gasteiger partial charge in [0.15, 0.2) is 0 Å². The van der Waals surface area contributed by atoms with Gasteiger partial charge in [0.2, 0.25) is 0 Å². The van der Waals surface area contributed by atoms with Gasteiger partial charge >= 0.3 is 0 Å². The molecule has 3 heteroatoms. The number of hydrogen-bond donors (Lipinski definition) is 1. The van der Waals surface area contributed by atoms with Gasteiger partial charge in [-0.15, -0.1) is 0 Å². The molecule has 1 aromatic carbocycles. The Morgan fingerprint density at radius 3 is 2.36 bits per heavy atom. The van der Waals surface area contributed by atoms with Crippen LogP contribution in [0.2, 0.25) is 0 Å². The molecule has 0 spiro atoms. The Labute approximate surface area is 91.3 Å². The number of ether oxygens (including phenoxy) is 1. The summed E-state index contributed by atoms with van der Waals surface area (Å²) in [6.45, 7) is 4.19. The summed E-state index contributed by atoms with van der Waals surface area (Å²) in [6, 6.07) is 4.19. The molecule has 0 saturated heterocycles. The summed E-state index contributed by atoms with van der Waals surface area (Å²) in [4.78, 5) is 2.05. The lowest BCUT2D eigenvalue weighted by atomic mass is 10.1. The van der Waals surface area contributed by atoms with Crippen molar-refractivity contribution in [3.63, 3.8) is 0 Å². The van der Waals surface area contributed by atoms with Crippen LogP contribution in [0, 0.1) is 13.8 Å². The van der Waals surface area contributed by atoms with Crippen molar-refractivity contribution in [2.45, 2.75) is 13.8 Å². The maximum Gasteiger partial charge on any atom is 0.142 e. The van der Waals surface area contributed by atoms with Gasteiger partial charge in [0.25, 0.3) is 0 Å². The molecule has 0 aromatic heterocycles. The molecular formula is C11H17NOS. The zero-order valence-electron chi connectivity index (χ0n) is 9.16. The van der Waals surface area contributed by atoms with Gasteiger partial charge < -0.3 is 9.64 Å². The fourth-order valence-electron chi connectivity index (χ4n) is 1.31. The van der Waals surface area contributed by atoms with E-state index in [0.717, 1.165) is 11.4 Å². The Morgan fingerprint density at radius 1 is 1.29 bits per heavy atom. The second-order valence-corrected chi connectivity index (χ2v) is 3.73. The van der Waals surface area contributed by atoms with E-state index in [9.17, 15) is 0 Å². The zero-order valence-corrected chi connectivity index (χ0v) is 10.1. The Morgan fingerprint density at radius 2 is 1.86 bits per heavy atom. The first-order valence-electron chi connectivity index (χ1n) is 4.57. The third-order valence-electron chi connectivity index (χ3n) is 2.42. The van der Waals surface area contributed by atoms with Gasteiger partial charge in [-0.05, 0) is 37.1 Å². The minimum atomic E-state index is 0.679. The molecule has 0 aliphatic heterocycles. The SMILES string of the molecule is COc1cc(C)c(C)cc1N(C)CS. The van der Waals surface area contributed by atoms with E-state index in [1.165, 1.54) is 11.1 Å². The van der Waals surface area contributed by atoms with Gasteiger partial charge in [-0.2, -0.15) is 12.6 Å². The molecule has 1 aromatic rings. The highest BCUT2D eigenvalue weighted by atomic mass is 32.1. The lowest BCUT2D eigenvalue weighted by Gasteiger charge is -2.20. The van der Waals surface area contributed by atoms with Crippen LogP contribution in [-0.2, 0) is 0 Å². The molecular weight excluding hydrogens is 194 g/mol. The molecule has 0 saturated carbocycles. The molecule has 0 heterocycles. The number of benzene rings is 1. The van der Waals surface area contributed by atoms with Gasteiger partial charge in [-0.1, -0.05) is 0 Å². The Kier molecular flexibility index (Phi) is 3.69. The average molecular weight is 211 g/mol. The van der Waals surface area contributed by atoms with Gasteiger partial charge in [0, 0.05) is 7.05 Å². The highest BCUT2D eigenvalue weighted by Crippen LogP contribution is 2.30. The number of rotatable bonds is 3. The van der Waals surface area contributed by atoms with E-state index in [4.69, 9.17) is 4.74 Å². The first-order chi connectivity index (χ1) is 6.60. The smallest absolute Gasteiger partial charge is 0.142 e. The molecule has 0 aliphatic rings. The minimum Gasteiger partial charge on any atom is -0.495 e.